The minimum absolute atomic E-state index is 0.207. The van der Waals surface area contributed by atoms with Crippen LogP contribution in [0.2, 0.25) is 0 Å². The van der Waals surface area contributed by atoms with Crippen LogP contribution >= 0.6 is 0 Å². The molecule has 0 bridgehead atoms. The van der Waals surface area contributed by atoms with E-state index in [0.717, 1.165) is 31.7 Å². The molecule has 0 radical (unpaired) electrons. The zero-order valence-corrected chi connectivity index (χ0v) is 21.3. The summed E-state index contributed by atoms with van der Waals surface area (Å²) in [5.41, 5.74) is 5.32. The lowest BCUT2D eigenvalue weighted by Gasteiger charge is -2.39. The van der Waals surface area contributed by atoms with E-state index >= 15 is 0 Å². The topological polar surface area (TPSA) is 21.3 Å². The second-order valence-corrected chi connectivity index (χ2v) is 10.0. The lowest BCUT2D eigenvalue weighted by molar-refractivity contribution is 0.294. The number of methoxy groups -OCH3 is 1. The molecule has 1 aliphatic heterocycles. The molecule has 0 spiro atoms. The maximum Gasteiger partial charge on any atom is 0.118 e. The predicted molar refractivity (Wildman–Crippen MR) is 150 cm³/mol. The highest BCUT2D eigenvalue weighted by molar-refractivity contribution is 5.50. The molecule has 1 atom stereocenters. The number of rotatable bonds is 9. The highest BCUT2D eigenvalue weighted by Gasteiger charge is 2.37. The van der Waals surface area contributed by atoms with Gasteiger partial charge in [0.15, 0.2) is 0 Å². The smallest absolute Gasteiger partial charge is 0.118 e. The lowest BCUT2D eigenvalue weighted by Crippen LogP contribution is -2.33. The van der Waals surface area contributed by atoms with Gasteiger partial charge >= 0.3 is 0 Å². The Morgan fingerprint density at radius 3 is 1.61 bits per heavy atom. The van der Waals surface area contributed by atoms with Crippen molar-refractivity contribution >= 4 is 0 Å². The van der Waals surface area contributed by atoms with Gasteiger partial charge in [0, 0.05) is 5.41 Å². The molecule has 184 valence electrons. The molecule has 5 rings (SSSR count). The van der Waals surface area contributed by atoms with Crippen molar-refractivity contribution in [2.45, 2.75) is 37.0 Å². The van der Waals surface area contributed by atoms with Crippen LogP contribution in [0, 0.1) is 5.92 Å². The van der Waals surface area contributed by atoms with Crippen LogP contribution in [0.25, 0.3) is 0 Å². The van der Waals surface area contributed by atoms with Crippen molar-refractivity contribution in [2.24, 2.45) is 5.92 Å². The Morgan fingerprint density at radius 2 is 1.17 bits per heavy atom. The molecule has 2 nitrogen and oxygen atoms in total. The molecule has 1 saturated heterocycles. The maximum atomic E-state index is 5.47. The van der Waals surface area contributed by atoms with Crippen LogP contribution in [0.3, 0.4) is 0 Å². The minimum atomic E-state index is -0.207. The highest BCUT2D eigenvalue weighted by Crippen LogP contribution is 2.46. The summed E-state index contributed by atoms with van der Waals surface area (Å²) < 4.78 is 5.47. The molecule has 1 fully saturated rings. The van der Waals surface area contributed by atoms with Gasteiger partial charge in [-0.1, -0.05) is 103 Å². The summed E-state index contributed by atoms with van der Waals surface area (Å²) in [6.45, 7) is 2.22. The Hall–Kier alpha value is -3.36. The number of ether oxygens (including phenoxy) is 1. The molecule has 1 unspecified atom stereocenters. The van der Waals surface area contributed by atoms with Gasteiger partial charge in [-0.2, -0.15) is 0 Å². The van der Waals surface area contributed by atoms with E-state index in [4.69, 9.17) is 4.74 Å². The van der Waals surface area contributed by atoms with Gasteiger partial charge in [-0.25, -0.2) is 0 Å². The van der Waals surface area contributed by atoms with Crippen LogP contribution in [0.4, 0.5) is 0 Å². The number of nitrogens with one attached hydrogen (secondary N) is 1. The van der Waals surface area contributed by atoms with Gasteiger partial charge in [0.2, 0.25) is 0 Å². The van der Waals surface area contributed by atoms with E-state index in [1.807, 2.05) is 0 Å². The first kappa shape index (κ1) is 24.3. The normalized spacial score (nSPS) is 15.4. The first-order chi connectivity index (χ1) is 17.8. The van der Waals surface area contributed by atoms with Crippen molar-refractivity contribution in [1.29, 1.82) is 0 Å². The number of hydrogen-bond donors (Lipinski definition) is 1. The second-order valence-electron chi connectivity index (χ2n) is 10.0. The molecule has 0 aromatic heterocycles. The molecule has 4 aromatic rings. The second kappa shape index (κ2) is 11.6. The van der Waals surface area contributed by atoms with Gasteiger partial charge in [-0.15, -0.1) is 0 Å². The predicted octanol–water partition coefficient (Wildman–Crippen LogP) is 7.59. The summed E-state index contributed by atoms with van der Waals surface area (Å²) in [7, 11) is 1.74. The third-order valence-electron chi connectivity index (χ3n) is 8.13. The SMILES string of the molecule is COc1ccc(C(CCC(c2ccccc2)(c2ccccc2)c2ccccc2)C2CCNCC2)cc1. The van der Waals surface area contributed by atoms with Crippen molar-refractivity contribution in [3.05, 3.63) is 138 Å². The van der Waals surface area contributed by atoms with Gasteiger partial charge in [0.1, 0.15) is 5.75 Å². The van der Waals surface area contributed by atoms with Crippen molar-refractivity contribution in [3.63, 3.8) is 0 Å². The third kappa shape index (κ3) is 5.10. The third-order valence-corrected chi connectivity index (χ3v) is 8.13. The van der Waals surface area contributed by atoms with Crippen LogP contribution < -0.4 is 10.1 Å². The van der Waals surface area contributed by atoms with E-state index in [9.17, 15) is 0 Å². The van der Waals surface area contributed by atoms with E-state index < -0.39 is 0 Å². The molecule has 0 amide bonds. The van der Waals surface area contributed by atoms with Crippen molar-refractivity contribution in [1.82, 2.24) is 5.32 Å². The molecule has 1 N–H and O–H groups in total. The maximum absolute atomic E-state index is 5.47. The zero-order valence-electron chi connectivity index (χ0n) is 21.3. The molecule has 1 heterocycles. The van der Waals surface area contributed by atoms with E-state index in [1.54, 1.807) is 7.11 Å². The number of piperidine rings is 1. The number of benzene rings is 4. The fraction of sp³-hybridized carbons (Fsp3) is 0.294. The molecule has 0 aliphatic carbocycles. The van der Waals surface area contributed by atoms with Crippen molar-refractivity contribution < 1.29 is 4.74 Å². The van der Waals surface area contributed by atoms with Gasteiger partial charge in [-0.05, 0) is 85.0 Å². The Morgan fingerprint density at radius 1 is 0.694 bits per heavy atom. The van der Waals surface area contributed by atoms with E-state index in [-0.39, 0.29) is 5.41 Å². The average Bonchev–Trinajstić information content (AvgIpc) is 2.97. The van der Waals surface area contributed by atoms with E-state index in [0.29, 0.717) is 11.8 Å². The molecular weight excluding hydrogens is 438 g/mol. The molecule has 36 heavy (non-hydrogen) atoms. The Labute approximate surface area is 216 Å². The van der Waals surface area contributed by atoms with Crippen LogP contribution in [-0.4, -0.2) is 20.2 Å². The first-order valence-electron chi connectivity index (χ1n) is 13.3. The molecule has 2 heteroatoms. The van der Waals surface area contributed by atoms with Crippen LogP contribution in [0.1, 0.15) is 53.9 Å². The monoisotopic (exact) mass is 475 g/mol. The molecule has 0 saturated carbocycles. The number of hydrogen-bond acceptors (Lipinski definition) is 2. The van der Waals surface area contributed by atoms with Gasteiger partial charge in [0.05, 0.1) is 7.11 Å². The lowest BCUT2D eigenvalue weighted by atomic mass is 9.64. The molecule has 1 aliphatic rings. The van der Waals surface area contributed by atoms with Crippen LogP contribution in [-0.2, 0) is 5.41 Å². The zero-order chi connectivity index (χ0) is 24.6. The average molecular weight is 476 g/mol. The minimum Gasteiger partial charge on any atom is -0.497 e. The molecular formula is C34H37NO. The fourth-order valence-electron chi connectivity index (χ4n) is 6.25. The first-order valence-corrected chi connectivity index (χ1v) is 13.3. The van der Waals surface area contributed by atoms with Gasteiger partial charge in [0.25, 0.3) is 0 Å². The van der Waals surface area contributed by atoms with Crippen LogP contribution in [0.5, 0.6) is 5.75 Å². The fourth-order valence-corrected chi connectivity index (χ4v) is 6.25. The summed E-state index contributed by atoms with van der Waals surface area (Å²) in [5, 5.41) is 3.57. The summed E-state index contributed by atoms with van der Waals surface area (Å²) >= 11 is 0. The van der Waals surface area contributed by atoms with E-state index in [1.165, 1.54) is 35.1 Å². The largest absolute Gasteiger partial charge is 0.497 e. The quantitative estimate of drug-likeness (QED) is 0.252. The van der Waals surface area contributed by atoms with Gasteiger partial charge in [-0.3, -0.25) is 0 Å². The Bertz CT molecular complexity index is 1090. The summed E-state index contributed by atoms with van der Waals surface area (Å²) in [4.78, 5) is 0. The highest BCUT2D eigenvalue weighted by atomic mass is 16.5. The summed E-state index contributed by atoms with van der Waals surface area (Å²) in [6, 6.07) is 42.2. The van der Waals surface area contributed by atoms with E-state index in [2.05, 4.69) is 121 Å². The Kier molecular flexibility index (Phi) is 7.83. The van der Waals surface area contributed by atoms with Crippen molar-refractivity contribution in [3.8, 4) is 5.75 Å². The summed E-state index contributed by atoms with van der Waals surface area (Å²) in [5.74, 6) is 2.11. The molecule has 4 aromatic carbocycles. The van der Waals surface area contributed by atoms with Crippen LogP contribution in [0.15, 0.2) is 115 Å². The summed E-state index contributed by atoms with van der Waals surface area (Å²) in [6.07, 6.45) is 4.62. The van der Waals surface area contributed by atoms with Gasteiger partial charge < -0.3 is 10.1 Å². The van der Waals surface area contributed by atoms with Crippen molar-refractivity contribution in [2.75, 3.05) is 20.2 Å². The standard InChI is InChI=1S/C34H37NO/c1-36-32-19-17-27(18-20-32)33(28-22-25-35-26-23-28)21-24-34(29-11-5-2-6-12-29,30-13-7-3-8-14-30)31-15-9-4-10-16-31/h2-20,28,33,35H,21-26H2,1H3. The Balaban J connectivity index is 1.59.